The highest BCUT2D eigenvalue weighted by atomic mass is 19.1. The van der Waals surface area contributed by atoms with E-state index in [0.29, 0.717) is 22.5 Å². The van der Waals surface area contributed by atoms with Crippen molar-refractivity contribution in [1.82, 2.24) is 9.47 Å². The van der Waals surface area contributed by atoms with Crippen molar-refractivity contribution in [2.75, 3.05) is 7.11 Å². The predicted molar refractivity (Wildman–Crippen MR) is 119 cm³/mol. The largest absolute Gasteiger partial charge is 0.464 e. The standard InChI is InChI=1S/C25H31FN2O4/c1-15-21(16(2)27(4)22(15)25(31)32-5)23(29)17(3)28(24(30)19-8-6-7-9-19)14-18-10-12-20(26)13-11-18/h10-13,17,19H,6-9,14H2,1-5H3. The fourth-order valence-electron chi connectivity index (χ4n) is 4.68. The third-order valence-corrected chi connectivity index (χ3v) is 6.66. The molecule has 1 fully saturated rings. The Morgan fingerprint density at radius 3 is 2.31 bits per heavy atom. The van der Waals surface area contributed by atoms with Gasteiger partial charge in [-0.15, -0.1) is 0 Å². The van der Waals surface area contributed by atoms with Crippen molar-refractivity contribution in [3.63, 3.8) is 0 Å². The summed E-state index contributed by atoms with van der Waals surface area (Å²) in [6.07, 6.45) is 3.64. The molecule has 0 saturated heterocycles. The van der Waals surface area contributed by atoms with Crippen LogP contribution in [-0.4, -0.2) is 40.3 Å². The minimum absolute atomic E-state index is 0.0490. The highest BCUT2D eigenvalue weighted by molar-refractivity contribution is 6.06. The van der Waals surface area contributed by atoms with Crippen LogP contribution in [0, 0.1) is 25.6 Å². The Hall–Kier alpha value is -2.96. The highest BCUT2D eigenvalue weighted by Crippen LogP contribution is 2.30. The number of Topliss-reactive ketones (excluding diaryl/α,β-unsaturated/α-hetero) is 1. The quantitative estimate of drug-likeness (QED) is 0.472. The van der Waals surface area contributed by atoms with E-state index < -0.39 is 12.0 Å². The van der Waals surface area contributed by atoms with Gasteiger partial charge in [0.1, 0.15) is 11.5 Å². The van der Waals surface area contributed by atoms with Gasteiger partial charge in [0.2, 0.25) is 5.91 Å². The molecule has 172 valence electrons. The summed E-state index contributed by atoms with van der Waals surface area (Å²) in [6.45, 7) is 5.45. The van der Waals surface area contributed by atoms with E-state index in [1.165, 1.54) is 19.2 Å². The SMILES string of the molecule is COC(=O)c1c(C)c(C(=O)C(C)N(Cc2ccc(F)cc2)C(=O)C2CCCC2)c(C)n1C. The summed E-state index contributed by atoms with van der Waals surface area (Å²) < 4.78 is 19.9. The lowest BCUT2D eigenvalue weighted by Gasteiger charge is -2.31. The number of ether oxygens (including phenoxy) is 1. The molecule has 1 aliphatic rings. The summed E-state index contributed by atoms with van der Waals surface area (Å²) >= 11 is 0. The van der Waals surface area contributed by atoms with Gasteiger partial charge in [-0.3, -0.25) is 9.59 Å². The molecular formula is C25H31FN2O4. The molecule has 1 heterocycles. The van der Waals surface area contributed by atoms with E-state index in [-0.39, 0.29) is 30.0 Å². The molecule has 1 saturated carbocycles. The summed E-state index contributed by atoms with van der Waals surface area (Å²) in [5.41, 5.74) is 2.71. The van der Waals surface area contributed by atoms with Gasteiger partial charge in [-0.1, -0.05) is 25.0 Å². The van der Waals surface area contributed by atoms with E-state index in [9.17, 15) is 18.8 Å². The zero-order valence-electron chi connectivity index (χ0n) is 19.4. The molecular weight excluding hydrogens is 411 g/mol. The van der Waals surface area contributed by atoms with Gasteiger partial charge in [0.15, 0.2) is 5.78 Å². The van der Waals surface area contributed by atoms with Gasteiger partial charge in [-0.2, -0.15) is 0 Å². The van der Waals surface area contributed by atoms with E-state index in [0.717, 1.165) is 31.2 Å². The highest BCUT2D eigenvalue weighted by Gasteiger charge is 2.35. The summed E-state index contributed by atoms with van der Waals surface area (Å²) in [7, 11) is 3.02. The number of amides is 1. The number of nitrogens with zero attached hydrogens (tertiary/aromatic N) is 2. The van der Waals surface area contributed by atoms with Crippen LogP contribution in [0.1, 0.15) is 70.3 Å². The Morgan fingerprint density at radius 1 is 1.16 bits per heavy atom. The third kappa shape index (κ3) is 4.47. The first-order chi connectivity index (χ1) is 15.2. The summed E-state index contributed by atoms with van der Waals surface area (Å²) in [5, 5.41) is 0. The predicted octanol–water partition coefficient (Wildman–Crippen LogP) is 4.36. The molecule has 1 unspecified atom stereocenters. The van der Waals surface area contributed by atoms with Crippen LogP contribution in [0.3, 0.4) is 0 Å². The average Bonchev–Trinajstić information content (AvgIpc) is 3.39. The zero-order chi connectivity index (χ0) is 23.6. The number of methoxy groups -OCH3 is 1. The van der Waals surface area contributed by atoms with Crippen molar-refractivity contribution in [2.45, 2.75) is 59.0 Å². The van der Waals surface area contributed by atoms with Gasteiger partial charge < -0.3 is 14.2 Å². The molecule has 6 nitrogen and oxygen atoms in total. The maximum absolute atomic E-state index is 13.6. The van der Waals surface area contributed by atoms with E-state index in [1.807, 2.05) is 0 Å². The average molecular weight is 443 g/mol. The minimum Gasteiger partial charge on any atom is -0.464 e. The molecule has 32 heavy (non-hydrogen) atoms. The van der Waals surface area contributed by atoms with Crippen molar-refractivity contribution in [3.05, 3.63) is 58.2 Å². The number of hydrogen-bond donors (Lipinski definition) is 0. The van der Waals surface area contributed by atoms with Crippen LogP contribution < -0.4 is 0 Å². The fraction of sp³-hybridized carbons (Fsp3) is 0.480. The molecule has 7 heteroatoms. The lowest BCUT2D eigenvalue weighted by atomic mass is 9.97. The van der Waals surface area contributed by atoms with Crippen LogP contribution in [0.2, 0.25) is 0 Å². The second kappa shape index (κ2) is 9.67. The number of halogens is 1. The van der Waals surface area contributed by atoms with Crippen molar-refractivity contribution >= 4 is 17.7 Å². The van der Waals surface area contributed by atoms with Crippen molar-refractivity contribution in [1.29, 1.82) is 0 Å². The second-order valence-electron chi connectivity index (χ2n) is 8.60. The molecule has 1 aromatic carbocycles. The maximum atomic E-state index is 13.6. The first kappa shape index (κ1) is 23.7. The van der Waals surface area contributed by atoms with Crippen LogP contribution >= 0.6 is 0 Å². The first-order valence-electron chi connectivity index (χ1n) is 11.0. The Bertz CT molecular complexity index is 1020. The van der Waals surface area contributed by atoms with E-state index in [4.69, 9.17) is 4.74 Å². The molecule has 1 atom stereocenters. The van der Waals surface area contributed by atoms with Gasteiger partial charge in [0, 0.05) is 30.8 Å². The molecule has 2 aromatic rings. The molecule has 0 aliphatic heterocycles. The molecule has 0 N–H and O–H groups in total. The molecule has 0 bridgehead atoms. The number of benzene rings is 1. The first-order valence-corrected chi connectivity index (χ1v) is 11.0. The lowest BCUT2D eigenvalue weighted by Crippen LogP contribution is -2.45. The lowest BCUT2D eigenvalue weighted by molar-refractivity contribution is -0.137. The number of esters is 1. The molecule has 1 amide bonds. The zero-order valence-corrected chi connectivity index (χ0v) is 19.4. The Kier molecular flexibility index (Phi) is 7.16. The Balaban J connectivity index is 1.97. The molecule has 3 rings (SSSR count). The van der Waals surface area contributed by atoms with Crippen LogP contribution in [0.5, 0.6) is 0 Å². The molecule has 1 aromatic heterocycles. The van der Waals surface area contributed by atoms with Gasteiger partial charge in [0.25, 0.3) is 0 Å². The van der Waals surface area contributed by atoms with Gasteiger partial charge in [-0.25, -0.2) is 9.18 Å². The van der Waals surface area contributed by atoms with Crippen molar-refractivity contribution in [2.24, 2.45) is 13.0 Å². The van der Waals surface area contributed by atoms with Gasteiger partial charge >= 0.3 is 5.97 Å². The van der Waals surface area contributed by atoms with Gasteiger partial charge in [0.05, 0.1) is 13.2 Å². The number of carbonyl (C=O) groups is 3. The van der Waals surface area contributed by atoms with Crippen LogP contribution in [-0.2, 0) is 23.1 Å². The maximum Gasteiger partial charge on any atom is 0.354 e. The smallest absolute Gasteiger partial charge is 0.354 e. The van der Waals surface area contributed by atoms with Crippen molar-refractivity contribution < 1.29 is 23.5 Å². The number of aromatic nitrogens is 1. The van der Waals surface area contributed by atoms with Crippen molar-refractivity contribution in [3.8, 4) is 0 Å². The number of hydrogen-bond acceptors (Lipinski definition) is 4. The monoisotopic (exact) mass is 442 g/mol. The number of rotatable bonds is 7. The number of ketones is 1. The van der Waals surface area contributed by atoms with E-state index in [1.54, 1.807) is 49.4 Å². The van der Waals surface area contributed by atoms with Crippen LogP contribution in [0.15, 0.2) is 24.3 Å². The second-order valence-corrected chi connectivity index (χ2v) is 8.60. The summed E-state index contributed by atoms with van der Waals surface area (Å²) in [5.74, 6) is -1.23. The van der Waals surface area contributed by atoms with E-state index >= 15 is 0 Å². The molecule has 1 aliphatic carbocycles. The normalized spacial score (nSPS) is 14.9. The third-order valence-electron chi connectivity index (χ3n) is 6.66. The Morgan fingerprint density at radius 2 is 1.75 bits per heavy atom. The minimum atomic E-state index is -0.738. The fourth-order valence-corrected chi connectivity index (χ4v) is 4.68. The summed E-state index contributed by atoms with van der Waals surface area (Å²) in [4.78, 5) is 40.9. The molecule has 0 radical (unpaired) electrons. The van der Waals surface area contributed by atoms with Gasteiger partial charge in [-0.05, 0) is 56.9 Å². The van der Waals surface area contributed by atoms with E-state index in [2.05, 4.69) is 0 Å². The Labute approximate surface area is 188 Å². The summed E-state index contributed by atoms with van der Waals surface area (Å²) in [6, 6.07) is 5.24. The number of carbonyl (C=O) groups excluding carboxylic acids is 3. The van der Waals surface area contributed by atoms with Crippen LogP contribution in [0.4, 0.5) is 4.39 Å². The van der Waals surface area contributed by atoms with Crippen LogP contribution in [0.25, 0.3) is 0 Å². The molecule has 0 spiro atoms. The topological polar surface area (TPSA) is 68.6 Å².